The Hall–Kier alpha value is -1.75. The number of rotatable bonds is 8. The van der Waals surface area contributed by atoms with Crippen LogP contribution >= 0.6 is 0 Å². The first-order valence-electron chi connectivity index (χ1n) is 7.78. The standard InChI is InChI=1S/C16H24N4O/c1-4-9-17-13(6-3)11-14-19-16(20-21-14)15-12(5-2)8-7-10-18-15/h7-8,10,13,17H,4-6,9,11H2,1-3H3. The molecule has 2 aromatic rings. The minimum absolute atomic E-state index is 0.382. The predicted octanol–water partition coefficient (Wildman–Crippen LogP) is 3.01. The van der Waals surface area contributed by atoms with Crippen molar-refractivity contribution in [2.45, 2.75) is 52.5 Å². The maximum atomic E-state index is 5.39. The molecular weight excluding hydrogens is 264 g/mol. The number of nitrogens with one attached hydrogen (secondary N) is 1. The molecule has 0 bridgehead atoms. The SMILES string of the molecule is CCCNC(CC)Cc1nc(-c2ncccc2CC)no1. The largest absolute Gasteiger partial charge is 0.339 e. The van der Waals surface area contributed by atoms with E-state index in [9.17, 15) is 0 Å². The average molecular weight is 288 g/mol. The molecule has 2 heterocycles. The van der Waals surface area contributed by atoms with Gasteiger partial charge in [0, 0.05) is 18.7 Å². The number of hydrogen-bond acceptors (Lipinski definition) is 5. The van der Waals surface area contributed by atoms with Crippen molar-refractivity contribution in [2.24, 2.45) is 0 Å². The zero-order valence-electron chi connectivity index (χ0n) is 13.1. The zero-order chi connectivity index (χ0) is 15.1. The molecular formula is C16H24N4O. The summed E-state index contributed by atoms with van der Waals surface area (Å²) in [6.07, 6.45) is 5.60. The number of pyridine rings is 1. The highest BCUT2D eigenvalue weighted by atomic mass is 16.5. The molecule has 0 saturated heterocycles. The summed E-state index contributed by atoms with van der Waals surface area (Å²) in [7, 11) is 0. The van der Waals surface area contributed by atoms with E-state index < -0.39 is 0 Å². The van der Waals surface area contributed by atoms with Crippen LogP contribution in [-0.4, -0.2) is 27.7 Å². The van der Waals surface area contributed by atoms with Gasteiger partial charge in [0.2, 0.25) is 11.7 Å². The first-order valence-corrected chi connectivity index (χ1v) is 7.78. The van der Waals surface area contributed by atoms with Crippen LogP contribution in [0.3, 0.4) is 0 Å². The first kappa shape index (κ1) is 15.6. The monoisotopic (exact) mass is 288 g/mol. The van der Waals surface area contributed by atoms with Crippen LogP contribution in [0.25, 0.3) is 11.5 Å². The van der Waals surface area contributed by atoms with Gasteiger partial charge in [0.15, 0.2) is 0 Å². The van der Waals surface area contributed by atoms with Gasteiger partial charge >= 0.3 is 0 Å². The van der Waals surface area contributed by atoms with Gasteiger partial charge in [-0.1, -0.05) is 32.0 Å². The Morgan fingerprint density at radius 3 is 2.86 bits per heavy atom. The van der Waals surface area contributed by atoms with Gasteiger partial charge in [-0.25, -0.2) is 0 Å². The molecule has 0 aliphatic carbocycles. The van der Waals surface area contributed by atoms with Gasteiger partial charge in [0.1, 0.15) is 5.69 Å². The average Bonchev–Trinajstić information content (AvgIpc) is 2.99. The lowest BCUT2D eigenvalue weighted by Crippen LogP contribution is -2.31. The Morgan fingerprint density at radius 2 is 2.14 bits per heavy atom. The molecule has 0 aromatic carbocycles. The summed E-state index contributed by atoms with van der Waals surface area (Å²) in [6, 6.07) is 4.37. The molecule has 21 heavy (non-hydrogen) atoms. The molecule has 0 aliphatic heterocycles. The van der Waals surface area contributed by atoms with Crippen LogP contribution < -0.4 is 5.32 Å². The summed E-state index contributed by atoms with van der Waals surface area (Å²) in [6.45, 7) is 7.44. The fraction of sp³-hybridized carbons (Fsp3) is 0.562. The highest BCUT2D eigenvalue weighted by Gasteiger charge is 2.15. The fourth-order valence-electron chi connectivity index (χ4n) is 2.28. The molecule has 2 rings (SSSR count). The summed E-state index contributed by atoms with van der Waals surface area (Å²) >= 11 is 0. The van der Waals surface area contributed by atoms with Gasteiger partial charge in [0.05, 0.1) is 0 Å². The van der Waals surface area contributed by atoms with E-state index in [1.165, 1.54) is 0 Å². The Balaban J connectivity index is 2.10. The van der Waals surface area contributed by atoms with E-state index in [4.69, 9.17) is 4.52 Å². The normalized spacial score (nSPS) is 12.5. The van der Waals surface area contributed by atoms with E-state index in [1.807, 2.05) is 6.07 Å². The second-order valence-electron chi connectivity index (χ2n) is 5.14. The second kappa shape index (κ2) is 7.88. The van der Waals surface area contributed by atoms with E-state index in [0.29, 0.717) is 17.8 Å². The molecule has 0 radical (unpaired) electrons. The lowest BCUT2D eigenvalue weighted by Gasteiger charge is -2.13. The number of aryl methyl sites for hydroxylation is 1. The van der Waals surface area contributed by atoms with Gasteiger partial charge in [0.25, 0.3) is 0 Å². The quantitative estimate of drug-likeness (QED) is 0.809. The Kier molecular flexibility index (Phi) is 5.87. The predicted molar refractivity (Wildman–Crippen MR) is 83.0 cm³/mol. The molecule has 0 amide bonds. The highest BCUT2D eigenvalue weighted by Crippen LogP contribution is 2.19. The third-order valence-electron chi connectivity index (χ3n) is 3.55. The van der Waals surface area contributed by atoms with Crippen molar-refractivity contribution in [3.8, 4) is 11.5 Å². The van der Waals surface area contributed by atoms with Crippen molar-refractivity contribution in [2.75, 3.05) is 6.54 Å². The highest BCUT2D eigenvalue weighted by molar-refractivity contribution is 5.53. The van der Waals surface area contributed by atoms with Crippen LogP contribution in [0.5, 0.6) is 0 Å². The van der Waals surface area contributed by atoms with Crippen molar-refractivity contribution in [3.05, 3.63) is 29.8 Å². The van der Waals surface area contributed by atoms with Crippen molar-refractivity contribution < 1.29 is 4.52 Å². The summed E-state index contributed by atoms with van der Waals surface area (Å²) < 4.78 is 5.39. The molecule has 0 fully saturated rings. The second-order valence-corrected chi connectivity index (χ2v) is 5.14. The molecule has 1 unspecified atom stereocenters. The molecule has 0 spiro atoms. The fourth-order valence-corrected chi connectivity index (χ4v) is 2.28. The molecule has 1 N–H and O–H groups in total. The smallest absolute Gasteiger partial charge is 0.228 e. The van der Waals surface area contributed by atoms with Gasteiger partial charge < -0.3 is 9.84 Å². The summed E-state index contributed by atoms with van der Waals surface area (Å²) in [4.78, 5) is 8.89. The minimum Gasteiger partial charge on any atom is -0.339 e. The van der Waals surface area contributed by atoms with Crippen LogP contribution in [0.4, 0.5) is 0 Å². The van der Waals surface area contributed by atoms with Crippen molar-refractivity contribution in [1.29, 1.82) is 0 Å². The van der Waals surface area contributed by atoms with Crippen LogP contribution in [0, 0.1) is 0 Å². The van der Waals surface area contributed by atoms with E-state index >= 15 is 0 Å². The Morgan fingerprint density at radius 1 is 1.29 bits per heavy atom. The van der Waals surface area contributed by atoms with E-state index in [2.05, 4.69) is 47.3 Å². The maximum absolute atomic E-state index is 5.39. The summed E-state index contributed by atoms with van der Waals surface area (Å²) in [5, 5.41) is 7.58. The van der Waals surface area contributed by atoms with E-state index in [0.717, 1.165) is 43.5 Å². The number of hydrogen-bond donors (Lipinski definition) is 1. The number of nitrogens with zero attached hydrogens (tertiary/aromatic N) is 3. The molecule has 0 aliphatic rings. The molecule has 0 saturated carbocycles. The summed E-state index contributed by atoms with van der Waals surface area (Å²) in [5.74, 6) is 1.26. The third kappa shape index (κ3) is 4.11. The number of aromatic nitrogens is 3. The van der Waals surface area contributed by atoms with Gasteiger partial charge in [-0.3, -0.25) is 4.98 Å². The molecule has 2 aromatic heterocycles. The third-order valence-corrected chi connectivity index (χ3v) is 3.55. The molecule has 114 valence electrons. The Bertz CT molecular complexity index is 553. The van der Waals surface area contributed by atoms with Crippen molar-refractivity contribution in [3.63, 3.8) is 0 Å². The van der Waals surface area contributed by atoms with Gasteiger partial charge in [-0.05, 0) is 37.4 Å². The first-order chi connectivity index (χ1) is 10.3. The van der Waals surface area contributed by atoms with Crippen molar-refractivity contribution >= 4 is 0 Å². The van der Waals surface area contributed by atoms with Crippen LogP contribution in [0.1, 0.15) is 45.1 Å². The van der Waals surface area contributed by atoms with Crippen LogP contribution in [-0.2, 0) is 12.8 Å². The van der Waals surface area contributed by atoms with Crippen LogP contribution in [0.2, 0.25) is 0 Å². The maximum Gasteiger partial charge on any atom is 0.228 e. The lowest BCUT2D eigenvalue weighted by molar-refractivity contribution is 0.354. The molecule has 5 nitrogen and oxygen atoms in total. The van der Waals surface area contributed by atoms with Gasteiger partial charge in [-0.15, -0.1) is 0 Å². The van der Waals surface area contributed by atoms with E-state index in [-0.39, 0.29) is 0 Å². The molecule has 1 atom stereocenters. The lowest BCUT2D eigenvalue weighted by atomic mass is 10.1. The minimum atomic E-state index is 0.382. The topological polar surface area (TPSA) is 63.8 Å². The van der Waals surface area contributed by atoms with Gasteiger partial charge in [-0.2, -0.15) is 4.98 Å². The molecule has 5 heteroatoms. The zero-order valence-corrected chi connectivity index (χ0v) is 13.1. The van der Waals surface area contributed by atoms with Crippen LogP contribution in [0.15, 0.2) is 22.9 Å². The summed E-state index contributed by atoms with van der Waals surface area (Å²) in [5.41, 5.74) is 1.96. The Labute approximate surface area is 126 Å². The van der Waals surface area contributed by atoms with E-state index in [1.54, 1.807) is 6.20 Å². The van der Waals surface area contributed by atoms with Crippen molar-refractivity contribution in [1.82, 2.24) is 20.4 Å².